The number of hydrogen-bond acceptors (Lipinski definition) is 13. The number of para-hydroxylation sites is 1. The fourth-order valence-corrected chi connectivity index (χ4v) is 6.79. The van der Waals surface area contributed by atoms with E-state index in [9.17, 15) is 69.0 Å². The van der Waals surface area contributed by atoms with Crippen molar-refractivity contribution in [3.05, 3.63) is 65.9 Å². The second-order valence-electron chi connectivity index (χ2n) is 14.8. The van der Waals surface area contributed by atoms with Crippen LogP contribution >= 0.6 is 0 Å². The van der Waals surface area contributed by atoms with Gasteiger partial charge in [-0.1, -0.05) is 30.3 Å². The van der Waals surface area contributed by atoms with Crippen LogP contribution in [0.15, 0.2) is 54.7 Å². The van der Waals surface area contributed by atoms with Crippen LogP contribution in [-0.2, 0) is 51.2 Å². The fraction of sp³-hybridized carbons (Fsp3) is 0.450. The molecule has 22 heteroatoms. The van der Waals surface area contributed by atoms with Crippen molar-refractivity contribution >= 4 is 58.3 Å². The van der Waals surface area contributed by atoms with Crippen LogP contribution < -0.4 is 32.3 Å². The van der Waals surface area contributed by atoms with Gasteiger partial charge in [0.15, 0.2) is 0 Å². The molecule has 0 spiro atoms. The number of aromatic amines is 1. The lowest BCUT2D eigenvalue weighted by atomic mass is 10.0. The molecule has 0 radical (unpaired) electrons. The first-order chi connectivity index (χ1) is 29.4. The lowest BCUT2D eigenvalue weighted by Crippen LogP contribution is -2.61. The maximum absolute atomic E-state index is 13.9. The number of phenols is 1. The van der Waals surface area contributed by atoms with Gasteiger partial charge in [0.2, 0.25) is 35.4 Å². The number of aliphatic hydroxyl groups excluding tert-OH is 3. The molecule has 2 aromatic carbocycles. The highest BCUT2D eigenvalue weighted by atomic mass is 16.4. The van der Waals surface area contributed by atoms with Gasteiger partial charge in [-0.15, -0.1) is 0 Å². The van der Waals surface area contributed by atoms with Gasteiger partial charge in [-0.05, 0) is 55.5 Å². The average Bonchev–Trinajstić information content (AvgIpc) is 3.90. The molecule has 8 atom stereocenters. The number of likely N-dealkylation sites (tertiary alicyclic amines) is 1. The molecule has 4 rings (SSSR count). The minimum absolute atomic E-state index is 0.0478. The number of carboxylic acid groups (broad SMARTS) is 2. The van der Waals surface area contributed by atoms with Crippen molar-refractivity contribution in [2.75, 3.05) is 19.8 Å². The molecule has 1 aliphatic heterocycles. The van der Waals surface area contributed by atoms with Crippen molar-refractivity contribution in [2.45, 2.75) is 93.8 Å². The molecule has 0 saturated carbocycles. The van der Waals surface area contributed by atoms with Crippen molar-refractivity contribution in [3.8, 4) is 5.75 Å². The number of carbonyl (C=O) groups excluding carboxylic acids is 6. The Hall–Kier alpha value is -6.62. The number of fused-ring (bicyclic) bond motifs is 1. The Labute approximate surface area is 354 Å². The smallest absolute Gasteiger partial charge is 0.326 e. The molecule has 1 saturated heterocycles. The van der Waals surface area contributed by atoms with Gasteiger partial charge in [0.1, 0.15) is 48.0 Å². The number of nitrogens with zero attached hydrogens (tertiary/aromatic N) is 1. The lowest BCUT2D eigenvalue weighted by Gasteiger charge is -2.30. The normalized spacial score (nSPS) is 17.0. The Morgan fingerprint density at radius 3 is 1.97 bits per heavy atom. The van der Waals surface area contributed by atoms with Crippen LogP contribution in [0.2, 0.25) is 0 Å². The standard InChI is InChI=1S/C40H52N8O14/c1-20(51)33(41)38(59)44-27(15-21-8-10-23(52)11-9-21)39(60)48-14-4-7-31(48)37(58)47-30(19-50)36(57)46-29(18-49)35(56)43-26(12-13-32(53)54)34(55)45-28(40(61)62)16-22-17-42-25-6-3-2-5-24(22)25/h2-3,5-6,8-11,17,20,26-31,33,42,49-52H,4,7,12-16,18-19,41H2,1H3,(H,43,56)(H,44,59)(H,45,55)(H,46,57)(H,47,58)(H,53,54)(H,61,62)/t20-,26+,27+,28+,29+,30+,31+,33+/m1/s1. The highest BCUT2D eigenvalue weighted by Gasteiger charge is 2.40. The first-order valence-corrected chi connectivity index (χ1v) is 19.7. The number of carboxylic acids is 2. The molecule has 3 aromatic rings. The van der Waals surface area contributed by atoms with Crippen LogP contribution in [0.5, 0.6) is 5.75 Å². The summed E-state index contributed by atoms with van der Waals surface area (Å²) in [6, 6.07) is 2.18. The SMILES string of the molecule is C[C@@H](O)[C@H](N)C(=O)N[C@@H](Cc1ccc(O)cc1)C(=O)N1CCC[C@H]1C(=O)N[C@@H](CO)C(=O)N[C@@H](CO)C(=O)N[C@@H](CCC(=O)O)C(=O)N[C@@H](Cc1c[nH]c2ccccc12)C(=O)O. The van der Waals surface area contributed by atoms with Crippen molar-refractivity contribution in [1.29, 1.82) is 0 Å². The zero-order valence-corrected chi connectivity index (χ0v) is 33.7. The third-order valence-electron chi connectivity index (χ3n) is 10.3. The van der Waals surface area contributed by atoms with Crippen LogP contribution in [-0.4, -0.2) is 156 Å². The fourth-order valence-electron chi connectivity index (χ4n) is 6.79. The molecule has 1 aliphatic rings. The predicted octanol–water partition coefficient (Wildman–Crippen LogP) is -3.28. The number of nitrogens with two attached hydrogens (primary N) is 1. The summed E-state index contributed by atoms with van der Waals surface area (Å²) < 4.78 is 0. The second kappa shape index (κ2) is 22.3. The molecule has 2 heterocycles. The first kappa shape index (κ1) is 48.1. The van der Waals surface area contributed by atoms with Crippen molar-refractivity contribution in [2.24, 2.45) is 5.73 Å². The number of H-pyrrole nitrogens is 1. The molecule has 22 nitrogen and oxygen atoms in total. The van der Waals surface area contributed by atoms with E-state index < -0.39 is 122 Å². The van der Waals surface area contributed by atoms with Crippen molar-refractivity contribution in [3.63, 3.8) is 0 Å². The Balaban J connectivity index is 1.42. The van der Waals surface area contributed by atoms with E-state index in [1.807, 2.05) is 0 Å². The number of aliphatic hydroxyl groups is 3. The van der Waals surface area contributed by atoms with Crippen molar-refractivity contribution < 1.29 is 69.0 Å². The molecule has 62 heavy (non-hydrogen) atoms. The average molecular weight is 869 g/mol. The van der Waals surface area contributed by atoms with E-state index in [0.29, 0.717) is 22.9 Å². The summed E-state index contributed by atoms with van der Waals surface area (Å²) in [5, 5.41) is 71.1. The zero-order valence-electron chi connectivity index (χ0n) is 33.7. The molecule has 0 aliphatic carbocycles. The number of rotatable bonds is 22. The van der Waals surface area contributed by atoms with E-state index in [4.69, 9.17) is 5.73 Å². The van der Waals surface area contributed by atoms with E-state index in [0.717, 1.165) is 5.52 Å². The Bertz CT molecular complexity index is 2090. The van der Waals surface area contributed by atoms with Gasteiger partial charge in [-0.2, -0.15) is 0 Å². The van der Waals surface area contributed by atoms with E-state index >= 15 is 0 Å². The monoisotopic (exact) mass is 868 g/mol. The highest BCUT2D eigenvalue weighted by molar-refractivity contribution is 5.97. The molecule has 336 valence electrons. The second-order valence-corrected chi connectivity index (χ2v) is 14.8. The zero-order chi connectivity index (χ0) is 45.7. The number of nitrogens with one attached hydrogen (secondary N) is 6. The summed E-state index contributed by atoms with van der Waals surface area (Å²) in [5.41, 5.74) is 7.58. The number of aromatic hydroxyl groups is 1. The number of benzene rings is 2. The Morgan fingerprint density at radius 1 is 0.774 bits per heavy atom. The van der Waals surface area contributed by atoms with Gasteiger partial charge in [0, 0.05) is 42.9 Å². The van der Waals surface area contributed by atoms with E-state index in [-0.39, 0.29) is 31.6 Å². The molecular weight excluding hydrogens is 816 g/mol. The quantitative estimate of drug-likeness (QED) is 0.0471. The van der Waals surface area contributed by atoms with Crippen LogP contribution in [0.1, 0.15) is 43.7 Å². The third kappa shape index (κ3) is 12.9. The molecule has 0 bridgehead atoms. The number of amides is 6. The Morgan fingerprint density at radius 2 is 1.35 bits per heavy atom. The van der Waals surface area contributed by atoms with Gasteiger partial charge in [-0.3, -0.25) is 33.6 Å². The molecule has 0 unspecified atom stereocenters. The van der Waals surface area contributed by atoms with Crippen LogP contribution in [0.3, 0.4) is 0 Å². The molecule has 1 fully saturated rings. The summed E-state index contributed by atoms with van der Waals surface area (Å²) in [6.07, 6.45) is -0.699. The molecular formula is C40H52N8O14. The summed E-state index contributed by atoms with van der Waals surface area (Å²) in [4.78, 5) is 108. The summed E-state index contributed by atoms with van der Waals surface area (Å²) >= 11 is 0. The van der Waals surface area contributed by atoms with Gasteiger partial charge in [0.05, 0.1) is 19.3 Å². The maximum atomic E-state index is 13.9. The van der Waals surface area contributed by atoms with Crippen LogP contribution in [0.25, 0.3) is 10.9 Å². The summed E-state index contributed by atoms with van der Waals surface area (Å²) in [7, 11) is 0. The van der Waals surface area contributed by atoms with Crippen molar-refractivity contribution in [1.82, 2.24) is 36.5 Å². The summed E-state index contributed by atoms with van der Waals surface area (Å²) in [5.74, 6) is -8.71. The van der Waals surface area contributed by atoms with Gasteiger partial charge in [-0.25, -0.2) is 4.79 Å². The van der Waals surface area contributed by atoms with Crippen LogP contribution in [0, 0.1) is 0 Å². The van der Waals surface area contributed by atoms with E-state index in [1.54, 1.807) is 30.5 Å². The van der Waals surface area contributed by atoms with Gasteiger partial charge in [0.25, 0.3) is 0 Å². The van der Waals surface area contributed by atoms with E-state index in [2.05, 4.69) is 31.6 Å². The minimum Gasteiger partial charge on any atom is -0.508 e. The first-order valence-electron chi connectivity index (χ1n) is 19.7. The predicted molar refractivity (Wildman–Crippen MR) is 217 cm³/mol. The number of phenolic OH excluding ortho intramolecular Hbond substituents is 1. The largest absolute Gasteiger partial charge is 0.508 e. The van der Waals surface area contributed by atoms with Gasteiger partial charge < -0.3 is 72.8 Å². The molecule has 14 N–H and O–H groups in total. The van der Waals surface area contributed by atoms with E-state index in [1.165, 1.54) is 36.1 Å². The summed E-state index contributed by atoms with van der Waals surface area (Å²) in [6.45, 7) is -0.759. The minimum atomic E-state index is -1.82. The third-order valence-corrected chi connectivity index (χ3v) is 10.3. The topological polar surface area (TPSA) is 363 Å². The highest BCUT2D eigenvalue weighted by Crippen LogP contribution is 2.22. The maximum Gasteiger partial charge on any atom is 0.326 e. The number of carbonyl (C=O) groups is 8. The molecule has 1 aromatic heterocycles. The number of hydrogen-bond donors (Lipinski definition) is 13. The van der Waals surface area contributed by atoms with Crippen LogP contribution in [0.4, 0.5) is 0 Å². The molecule has 6 amide bonds. The number of aliphatic carboxylic acids is 2. The van der Waals surface area contributed by atoms with Gasteiger partial charge >= 0.3 is 11.9 Å². The Kier molecular flexibility index (Phi) is 17.3. The number of aromatic nitrogens is 1. The lowest BCUT2D eigenvalue weighted by molar-refractivity contribution is -0.143.